The van der Waals surface area contributed by atoms with Crippen molar-refractivity contribution >= 4 is 11.6 Å². The fraction of sp³-hybridized carbons (Fsp3) is 0.235. The Bertz CT molecular complexity index is 873. The molecule has 0 aliphatic carbocycles. The molecule has 3 aromatic rings. The summed E-state index contributed by atoms with van der Waals surface area (Å²) in [5, 5.41) is 4.42. The van der Waals surface area contributed by atoms with Gasteiger partial charge in [0, 0.05) is 17.3 Å². The summed E-state index contributed by atoms with van der Waals surface area (Å²) in [4.78, 5) is 16.2. The van der Waals surface area contributed by atoms with Crippen LogP contribution in [0.3, 0.4) is 0 Å². The van der Waals surface area contributed by atoms with E-state index < -0.39 is 5.97 Å². The third-order valence-corrected chi connectivity index (χ3v) is 3.50. The van der Waals surface area contributed by atoms with E-state index >= 15 is 0 Å². The molecule has 0 N–H and O–H groups in total. The molecule has 0 atom stereocenters. The van der Waals surface area contributed by atoms with Crippen molar-refractivity contribution in [1.82, 2.24) is 14.6 Å². The summed E-state index contributed by atoms with van der Waals surface area (Å²) in [6, 6.07) is 9.75. The van der Waals surface area contributed by atoms with Crippen LogP contribution in [0.2, 0.25) is 0 Å². The Morgan fingerprint density at radius 1 is 1.26 bits per heavy atom. The number of carbonyl (C=O) groups is 1. The number of halogens is 1. The fourth-order valence-electron chi connectivity index (χ4n) is 2.40. The van der Waals surface area contributed by atoms with E-state index in [-0.39, 0.29) is 18.1 Å². The first-order chi connectivity index (χ1) is 11.1. The van der Waals surface area contributed by atoms with Crippen LogP contribution in [-0.4, -0.2) is 27.2 Å². The van der Waals surface area contributed by atoms with E-state index in [1.54, 1.807) is 41.8 Å². The molecule has 0 fully saturated rings. The molecular formula is C17H16FN3O2. The van der Waals surface area contributed by atoms with Crippen LogP contribution in [-0.2, 0) is 11.2 Å². The van der Waals surface area contributed by atoms with E-state index in [0.29, 0.717) is 23.3 Å². The fourth-order valence-corrected chi connectivity index (χ4v) is 2.40. The van der Waals surface area contributed by atoms with Gasteiger partial charge in [0.05, 0.1) is 12.3 Å². The average molecular weight is 313 g/mol. The van der Waals surface area contributed by atoms with Gasteiger partial charge in [0.15, 0.2) is 11.3 Å². The number of ether oxygens (including phenoxy) is 1. The number of aryl methyl sites for hydroxylation is 1. The minimum Gasteiger partial charge on any atom is -0.461 e. The lowest BCUT2D eigenvalue weighted by molar-refractivity contribution is 0.0519. The molecule has 0 saturated heterocycles. The minimum absolute atomic E-state index is 0.233. The molecular weight excluding hydrogens is 297 g/mol. The molecule has 0 radical (unpaired) electrons. The lowest BCUT2D eigenvalue weighted by Crippen LogP contribution is -2.10. The van der Waals surface area contributed by atoms with E-state index in [9.17, 15) is 9.18 Å². The van der Waals surface area contributed by atoms with Gasteiger partial charge in [-0.05, 0) is 31.5 Å². The summed E-state index contributed by atoms with van der Waals surface area (Å²) in [5.41, 5.74) is 2.41. The molecule has 5 nitrogen and oxygen atoms in total. The Hall–Kier alpha value is -2.76. The topological polar surface area (TPSA) is 56.5 Å². The highest BCUT2D eigenvalue weighted by molar-refractivity contribution is 5.88. The molecule has 6 heteroatoms. The number of carbonyl (C=O) groups excluding carboxylic acids is 1. The predicted octanol–water partition coefficient (Wildman–Crippen LogP) is 3.27. The number of fused-ring (bicyclic) bond motifs is 1. The Kier molecular flexibility index (Phi) is 4.06. The number of rotatable bonds is 4. The quantitative estimate of drug-likeness (QED) is 0.694. The van der Waals surface area contributed by atoms with Gasteiger partial charge >= 0.3 is 5.97 Å². The SMILES string of the molecule is CCOC(=O)c1cc(CC)n2nc(-c3ccccc3F)cc2n1. The van der Waals surface area contributed by atoms with Crippen molar-refractivity contribution < 1.29 is 13.9 Å². The van der Waals surface area contributed by atoms with Crippen LogP contribution in [0.5, 0.6) is 0 Å². The second-order valence-electron chi connectivity index (χ2n) is 4.99. The van der Waals surface area contributed by atoms with Crippen molar-refractivity contribution in [3.05, 3.63) is 53.6 Å². The van der Waals surface area contributed by atoms with Gasteiger partial charge in [0.1, 0.15) is 5.82 Å². The number of nitrogens with zero attached hydrogens (tertiary/aromatic N) is 3. The zero-order valence-electron chi connectivity index (χ0n) is 12.9. The number of aromatic nitrogens is 3. The van der Waals surface area contributed by atoms with Crippen molar-refractivity contribution in [1.29, 1.82) is 0 Å². The van der Waals surface area contributed by atoms with Crippen molar-refractivity contribution in [2.75, 3.05) is 6.61 Å². The molecule has 0 saturated carbocycles. The predicted molar refractivity (Wildman–Crippen MR) is 83.7 cm³/mol. The molecule has 3 rings (SSSR count). The third-order valence-electron chi connectivity index (χ3n) is 3.50. The second-order valence-corrected chi connectivity index (χ2v) is 4.99. The monoisotopic (exact) mass is 313 g/mol. The van der Waals surface area contributed by atoms with Crippen LogP contribution in [0.4, 0.5) is 4.39 Å². The molecule has 23 heavy (non-hydrogen) atoms. The number of hydrogen-bond donors (Lipinski definition) is 0. The van der Waals surface area contributed by atoms with Crippen molar-refractivity contribution in [3.8, 4) is 11.3 Å². The van der Waals surface area contributed by atoms with Gasteiger partial charge in [0.2, 0.25) is 0 Å². The molecule has 1 aromatic carbocycles. The number of benzene rings is 1. The maximum atomic E-state index is 14.0. The van der Waals surface area contributed by atoms with E-state index in [4.69, 9.17) is 4.74 Å². The molecule has 0 unspecified atom stereocenters. The summed E-state index contributed by atoms with van der Waals surface area (Å²) in [6.45, 7) is 3.98. The number of esters is 1. The van der Waals surface area contributed by atoms with Crippen LogP contribution >= 0.6 is 0 Å². The highest BCUT2D eigenvalue weighted by Crippen LogP contribution is 2.23. The molecule has 0 amide bonds. The van der Waals surface area contributed by atoms with E-state index in [1.807, 2.05) is 6.92 Å². The summed E-state index contributed by atoms with van der Waals surface area (Å²) in [7, 11) is 0. The first-order valence-corrected chi connectivity index (χ1v) is 7.45. The van der Waals surface area contributed by atoms with Gasteiger partial charge in [-0.2, -0.15) is 5.10 Å². The zero-order valence-corrected chi connectivity index (χ0v) is 12.9. The van der Waals surface area contributed by atoms with Gasteiger partial charge in [-0.1, -0.05) is 19.1 Å². The maximum Gasteiger partial charge on any atom is 0.357 e. The standard InChI is InChI=1S/C17H16FN3O2/c1-3-11-9-15(17(22)23-4-2)19-16-10-14(20-21(11)16)12-7-5-6-8-13(12)18/h5-10H,3-4H2,1-2H3. The first kappa shape index (κ1) is 15.1. The summed E-state index contributed by atoms with van der Waals surface area (Å²) in [6.07, 6.45) is 0.657. The van der Waals surface area contributed by atoms with E-state index in [1.165, 1.54) is 6.07 Å². The van der Waals surface area contributed by atoms with Crippen molar-refractivity contribution in [2.45, 2.75) is 20.3 Å². The summed E-state index contributed by atoms with van der Waals surface area (Å²) in [5.74, 6) is -0.821. The van der Waals surface area contributed by atoms with E-state index in [0.717, 1.165) is 5.69 Å². The van der Waals surface area contributed by atoms with E-state index in [2.05, 4.69) is 10.1 Å². The highest BCUT2D eigenvalue weighted by Gasteiger charge is 2.16. The summed E-state index contributed by atoms with van der Waals surface area (Å²) < 4.78 is 20.6. The van der Waals surface area contributed by atoms with Crippen LogP contribution < -0.4 is 0 Å². The van der Waals surface area contributed by atoms with Crippen LogP contribution in [0, 0.1) is 5.82 Å². The molecule has 2 aromatic heterocycles. The smallest absolute Gasteiger partial charge is 0.357 e. The van der Waals surface area contributed by atoms with Crippen molar-refractivity contribution in [2.24, 2.45) is 0 Å². The Morgan fingerprint density at radius 3 is 2.74 bits per heavy atom. The van der Waals surface area contributed by atoms with Crippen LogP contribution in [0.15, 0.2) is 36.4 Å². The molecule has 0 bridgehead atoms. The summed E-state index contributed by atoms with van der Waals surface area (Å²) >= 11 is 0. The van der Waals surface area contributed by atoms with Gasteiger partial charge in [-0.3, -0.25) is 0 Å². The largest absolute Gasteiger partial charge is 0.461 e. The van der Waals surface area contributed by atoms with Gasteiger partial charge in [0.25, 0.3) is 0 Å². The molecule has 0 spiro atoms. The first-order valence-electron chi connectivity index (χ1n) is 7.45. The Morgan fingerprint density at radius 2 is 2.04 bits per heavy atom. The number of hydrogen-bond acceptors (Lipinski definition) is 4. The molecule has 0 aliphatic rings. The zero-order chi connectivity index (χ0) is 16.4. The average Bonchev–Trinajstić information content (AvgIpc) is 2.98. The minimum atomic E-state index is -0.474. The molecule has 118 valence electrons. The van der Waals surface area contributed by atoms with Crippen LogP contribution in [0.25, 0.3) is 16.9 Å². The van der Waals surface area contributed by atoms with Gasteiger partial charge in [-0.25, -0.2) is 18.7 Å². The Balaban J connectivity index is 2.15. The molecule has 0 aliphatic heterocycles. The third kappa shape index (κ3) is 2.79. The molecule has 2 heterocycles. The lowest BCUT2D eigenvalue weighted by atomic mass is 10.1. The Labute approximate surface area is 132 Å². The van der Waals surface area contributed by atoms with Gasteiger partial charge in [-0.15, -0.1) is 0 Å². The lowest BCUT2D eigenvalue weighted by Gasteiger charge is -2.05. The normalized spacial score (nSPS) is 10.9. The second kappa shape index (κ2) is 6.16. The maximum absolute atomic E-state index is 14.0. The highest BCUT2D eigenvalue weighted by atomic mass is 19.1. The van der Waals surface area contributed by atoms with Crippen molar-refractivity contribution in [3.63, 3.8) is 0 Å². The van der Waals surface area contributed by atoms with Crippen LogP contribution in [0.1, 0.15) is 30.0 Å². The van der Waals surface area contributed by atoms with Gasteiger partial charge < -0.3 is 4.74 Å².